The van der Waals surface area contributed by atoms with Crippen molar-refractivity contribution in [1.29, 1.82) is 0 Å². The molecule has 0 fully saturated rings. The van der Waals surface area contributed by atoms with E-state index in [9.17, 15) is 0 Å². The minimum absolute atomic E-state index is 0.630. The molecule has 0 unspecified atom stereocenters. The number of hydrogen-bond acceptors (Lipinski definition) is 1. The molecule has 0 amide bonds. The predicted molar refractivity (Wildman–Crippen MR) is 79.1 cm³/mol. The van der Waals surface area contributed by atoms with Crippen LogP contribution in [0.5, 0.6) is 0 Å². The predicted octanol–water partition coefficient (Wildman–Crippen LogP) is 3.70. The number of nitrogens with zero attached hydrogens (tertiary/aromatic N) is 1. The Morgan fingerprint density at radius 3 is 2.84 bits per heavy atom. The molecule has 0 spiro atoms. The van der Waals surface area contributed by atoms with Gasteiger partial charge in [0.1, 0.15) is 0 Å². The third-order valence-electron chi connectivity index (χ3n) is 4.06. The summed E-state index contributed by atoms with van der Waals surface area (Å²) in [6.07, 6.45) is 3.19. The molecule has 0 saturated carbocycles. The van der Waals surface area contributed by atoms with E-state index in [1.54, 1.807) is 5.56 Å². The van der Waals surface area contributed by atoms with Gasteiger partial charge in [-0.3, -0.25) is 4.90 Å². The third-order valence-corrected chi connectivity index (χ3v) is 4.06. The standard InChI is InChI=1S/C17H22N2/c1-13(2)16-7-3-5-14-11-19(10-8-17(14)16)12-15-6-4-9-18-15/h3-7,9,13,18H,8,10-12H2,1-2H3. The molecule has 0 bridgehead atoms. The quantitative estimate of drug-likeness (QED) is 0.885. The fourth-order valence-corrected chi connectivity index (χ4v) is 3.08. The van der Waals surface area contributed by atoms with Crippen molar-refractivity contribution in [2.45, 2.75) is 39.3 Å². The van der Waals surface area contributed by atoms with Crippen LogP contribution in [0.25, 0.3) is 0 Å². The molecule has 3 rings (SSSR count). The Bertz CT molecular complexity index is 540. The average molecular weight is 254 g/mol. The summed E-state index contributed by atoms with van der Waals surface area (Å²) in [4.78, 5) is 5.82. The summed E-state index contributed by atoms with van der Waals surface area (Å²) in [6.45, 7) is 7.85. The van der Waals surface area contributed by atoms with Crippen LogP contribution in [0.15, 0.2) is 36.5 Å². The van der Waals surface area contributed by atoms with E-state index in [-0.39, 0.29) is 0 Å². The van der Waals surface area contributed by atoms with Gasteiger partial charge in [0.25, 0.3) is 0 Å². The highest BCUT2D eigenvalue weighted by Crippen LogP contribution is 2.27. The van der Waals surface area contributed by atoms with E-state index in [1.165, 1.54) is 23.2 Å². The first-order valence-electron chi connectivity index (χ1n) is 7.19. The summed E-state index contributed by atoms with van der Waals surface area (Å²) >= 11 is 0. The topological polar surface area (TPSA) is 19.0 Å². The Morgan fingerprint density at radius 2 is 2.11 bits per heavy atom. The van der Waals surface area contributed by atoms with Gasteiger partial charge in [-0.1, -0.05) is 32.0 Å². The monoisotopic (exact) mass is 254 g/mol. The minimum Gasteiger partial charge on any atom is -0.364 e. The van der Waals surface area contributed by atoms with Gasteiger partial charge in [0.15, 0.2) is 0 Å². The van der Waals surface area contributed by atoms with Crippen LogP contribution in [0.2, 0.25) is 0 Å². The van der Waals surface area contributed by atoms with Crippen LogP contribution in [0.4, 0.5) is 0 Å². The smallest absolute Gasteiger partial charge is 0.0388 e. The number of rotatable bonds is 3. The van der Waals surface area contributed by atoms with Gasteiger partial charge in [-0.05, 0) is 41.2 Å². The van der Waals surface area contributed by atoms with Crippen molar-refractivity contribution < 1.29 is 0 Å². The fourth-order valence-electron chi connectivity index (χ4n) is 3.08. The fraction of sp³-hybridized carbons (Fsp3) is 0.412. The Morgan fingerprint density at radius 1 is 1.21 bits per heavy atom. The molecule has 2 aromatic rings. The number of fused-ring (bicyclic) bond motifs is 1. The molecular formula is C17H22N2. The highest BCUT2D eigenvalue weighted by molar-refractivity contribution is 5.38. The normalized spacial score (nSPS) is 15.7. The zero-order chi connectivity index (χ0) is 13.2. The Balaban J connectivity index is 1.79. The lowest BCUT2D eigenvalue weighted by atomic mass is 9.89. The van der Waals surface area contributed by atoms with E-state index in [0.29, 0.717) is 5.92 Å². The van der Waals surface area contributed by atoms with Gasteiger partial charge in [-0.15, -0.1) is 0 Å². The molecule has 2 heteroatoms. The van der Waals surface area contributed by atoms with Crippen LogP contribution in [-0.4, -0.2) is 16.4 Å². The van der Waals surface area contributed by atoms with Crippen molar-refractivity contribution in [2.75, 3.05) is 6.54 Å². The van der Waals surface area contributed by atoms with Crippen LogP contribution in [0, 0.1) is 0 Å². The first-order chi connectivity index (χ1) is 9.24. The number of aromatic amines is 1. The molecule has 19 heavy (non-hydrogen) atoms. The number of H-pyrrole nitrogens is 1. The average Bonchev–Trinajstić information content (AvgIpc) is 2.90. The molecular weight excluding hydrogens is 232 g/mol. The number of hydrogen-bond donors (Lipinski definition) is 1. The van der Waals surface area contributed by atoms with Gasteiger partial charge in [-0.2, -0.15) is 0 Å². The van der Waals surface area contributed by atoms with Crippen molar-refractivity contribution in [3.63, 3.8) is 0 Å². The molecule has 0 aliphatic carbocycles. The summed E-state index contributed by atoms with van der Waals surface area (Å²) in [5, 5.41) is 0. The second-order valence-electron chi connectivity index (χ2n) is 5.80. The van der Waals surface area contributed by atoms with E-state index in [4.69, 9.17) is 0 Å². The molecule has 100 valence electrons. The van der Waals surface area contributed by atoms with Crippen molar-refractivity contribution >= 4 is 0 Å². The van der Waals surface area contributed by atoms with E-state index >= 15 is 0 Å². The van der Waals surface area contributed by atoms with E-state index in [1.807, 2.05) is 6.20 Å². The molecule has 1 aliphatic heterocycles. The largest absolute Gasteiger partial charge is 0.364 e. The van der Waals surface area contributed by atoms with Crippen molar-refractivity contribution in [3.8, 4) is 0 Å². The molecule has 0 atom stereocenters. The lowest BCUT2D eigenvalue weighted by Gasteiger charge is -2.30. The van der Waals surface area contributed by atoms with Gasteiger partial charge in [0.05, 0.1) is 0 Å². The second kappa shape index (κ2) is 5.22. The molecule has 0 saturated heterocycles. The van der Waals surface area contributed by atoms with Crippen LogP contribution in [-0.2, 0) is 19.5 Å². The molecule has 1 aromatic heterocycles. The molecule has 2 heterocycles. The Kier molecular flexibility index (Phi) is 3.43. The maximum absolute atomic E-state index is 3.30. The Hall–Kier alpha value is -1.54. The number of benzene rings is 1. The molecule has 1 aromatic carbocycles. The van der Waals surface area contributed by atoms with Crippen LogP contribution in [0.3, 0.4) is 0 Å². The molecule has 1 aliphatic rings. The van der Waals surface area contributed by atoms with Gasteiger partial charge in [0.2, 0.25) is 0 Å². The zero-order valence-electron chi connectivity index (χ0n) is 11.8. The molecule has 0 radical (unpaired) electrons. The molecule has 2 nitrogen and oxygen atoms in total. The highest BCUT2D eigenvalue weighted by Gasteiger charge is 2.19. The number of aromatic nitrogens is 1. The van der Waals surface area contributed by atoms with E-state index < -0.39 is 0 Å². The maximum atomic E-state index is 3.30. The van der Waals surface area contributed by atoms with Crippen LogP contribution < -0.4 is 0 Å². The lowest BCUT2D eigenvalue weighted by molar-refractivity contribution is 0.242. The summed E-state index contributed by atoms with van der Waals surface area (Å²) in [6, 6.07) is 11.0. The van der Waals surface area contributed by atoms with E-state index in [0.717, 1.165) is 19.6 Å². The SMILES string of the molecule is CC(C)c1cccc2c1CCN(Cc1ccc[nH]1)C2. The minimum atomic E-state index is 0.630. The first kappa shape index (κ1) is 12.5. The van der Waals surface area contributed by atoms with Crippen LogP contribution >= 0.6 is 0 Å². The van der Waals surface area contributed by atoms with Gasteiger partial charge in [0, 0.05) is 31.5 Å². The first-order valence-corrected chi connectivity index (χ1v) is 7.19. The summed E-state index contributed by atoms with van der Waals surface area (Å²) < 4.78 is 0. The lowest BCUT2D eigenvalue weighted by Crippen LogP contribution is -2.30. The Labute approximate surface area is 115 Å². The van der Waals surface area contributed by atoms with Gasteiger partial charge >= 0.3 is 0 Å². The van der Waals surface area contributed by atoms with Crippen molar-refractivity contribution in [3.05, 3.63) is 58.9 Å². The maximum Gasteiger partial charge on any atom is 0.0388 e. The van der Waals surface area contributed by atoms with Crippen molar-refractivity contribution in [2.24, 2.45) is 0 Å². The second-order valence-corrected chi connectivity index (χ2v) is 5.80. The van der Waals surface area contributed by atoms with Crippen LogP contribution in [0.1, 0.15) is 42.1 Å². The van der Waals surface area contributed by atoms with Gasteiger partial charge in [-0.25, -0.2) is 0 Å². The van der Waals surface area contributed by atoms with Gasteiger partial charge < -0.3 is 4.98 Å². The van der Waals surface area contributed by atoms with Crippen molar-refractivity contribution in [1.82, 2.24) is 9.88 Å². The summed E-state index contributed by atoms with van der Waals surface area (Å²) in [5.41, 5.74) is 5.96. The molecule has 1 N–H and O–H groups in total. The zero-order valence-corrected chi connectivity index (χ0v) is 11.8. The summed E-state index contributed by atoms with van der Waals surface area (Å²) in [7, 11) is 0. The number of nitrogens with one attached hydrogen (secondary N) is 1. The van der Waals surface area contributed by atoms with E-state index in [2.05, 4.69) is 54.1 Å². The third kappa shape index (κ3) is 2.59. The highest BCUT2D eigenvalue weighted by atomic mass is 15.1. The summed E-state index contributed by atoms with van der Waals surface area (Å²) in [5.74, 6) is 0.630.